The molecule has 2 rings (SSSR count). The lowest BCUT2D eigenvalue weighted by Gasteiger charge is -1.89. The highest BCUT2D eigenvalue weighted by Gasteiger charge is 1.92. The number of H-pyrrole nitrogens is 1. The molecule has 0 amide bonds. The number of nitrogens with one attached hydrogen (secondary N) is 1. The van der Waals surface area contributed by atoms with Gasteiger partial charge in [0, 0.05) is 5.39 Å². The molecule has 1 heterocycles. The molecule has 0 bridgehead atoms. The molecule has 1 unspecified atom stereocenters. The Morgan fingerprint density at radius 2 is 2.30 bits per heavy atom. The van der Waals surface area contributed by atoms with Crippen molar-refractivity contribution in [1.82, 2.24) is 10.2 Å². The van der Waals surface area contributed by atoms with Crippen molar-refractivity contribution in [2.75, 3.05) is 0 Å². The molecule has 1 atom stereocenters. The van der Waals surface area contributed by atoms with E-state index in [1.54, 1.807) is 0 Å². The Balaban J connectivity index is 2.86. The number of nitrogens with zero attached hydrogens (tertiary/aromatic N) is 1. The average molecular weight is 150 g/mol. The molecule has 2 nitrogen and oxygen atoms in total. The molecule has 10 heavy (non-hydrogen) atoms. The van der Waals surface area contributed by atoms with Crippen molar-refractivity contribution in [3.63, 3.8) is 0 Å². The van der Waals surface area contributed by atoms with Gasteiger partial charge in [-0.25, -0.2) is 0 Å². The minimum atomic E-state index is 1.09. The maximum atomic E-state index is 3.91. The average Bonchev–Trinajstić information content (AvgIpc) is 2.33. The van der Waals surface area contributed by atoms with Gasteiger partial charge >= 0.3 is 0 Å². The standard InChI is InChI=1S/C7H7N2P/c10-6-2-1-5-4-8-9-7(5)3-6/h1-4H,10H2,(H,8,9). The Hall–Kier alpha value is -0.880. The lowest BCUT2D eigenvalue weighted by Crippen LogP contribution is -1.86. The van der Waals surface area contributed by atoms with Crippen LogP contribution in [0.3, 0.4) is 0 Å². The lowest BCUT2D eigenvalue weighted by molar-refractivity contribution is 1.12. The molecule has 0 saturated carbocycles. The molecule has 3 heteroatoms. The van der Waals surface area contributed by atoms with Crippen LogP contribution in [0.4, 0.5) is 0 Å². The molecule has 1 aromatic heterocycles. The van der Waals surface area contributed by atoms with Gasteiger partial charge in [-0.1, -0.05) is 12.1 Å². The number of aromatic nitrogens is 2. The molecule has 0 aliphatic rings. The molecular weight excluding hydrogens is 143 g/mol. The van der Waals surface area contributed by atoms with Crippen LogP contribution in [-0.2, 0) is 0 Å². The zero-order valence-electron chi connectivity index (χ0n) is 5.33. The van der Waals surface area contributed by atoms with Crippen LogP contribution in [0.5, 0.6) is 0 Å². The monoisotopic (exact) mass is 150 g/mol. The molecule has 0 fully saturated rings. The first-order chi connectivity index (χ1) is 4.86. The van der Waals surface area contributed by atoms with E-state index in [2.05, 4.69) is 19.4 Å². The first kappa shape index (κ1) is 5.87. The molecule has 0 radical (unpaired) electrons. The van der Waals surface area contributed by atoms with Crippen molar-refractivity contribution >= 4 is 25.4 Å². The van der Waals surface area contributed by atoms with Gasteiger partial charge in [0.25, 0.3) is 0 Å². The number of hydrogen-bond acceptors (Lipinski definition) is 1. The summed E-state index contributed by atoms with van der Waals surface area (Å²) in [6.07, 6.45) is 1.82. The highest BCUT2D eigenvalue weighted by atomic mass is 31.0. The first-order valence-corrected chi connectivity index (χ1v) is 3.62. The Morgan fingerprint density at radius 3 is 3.20 bits per heavy atom. The third-order valence-corrected chi connectivity index (χ3v) is 1.83. The summed E-state index contributed by atoms with van der Waals surface area (Å²) in [6.45, 7) is 0. The minimum Gasteiger partial charge on any atom is -0.278 e. The minimum absolute atomic E-state index is 1.09. The molecule has 0 saturated heterocycles. The van der Waals surface area contributed by atoms with Crippen molar-refractivity contribution < 1.29 is 0 Å². The normalized spacial score (nSPS) is 10.5. The van der Waals surface area contributed by atoms with Gasteiger partial charge in [-0.15, -0.1) is 9.24 Å². The Morgan fingerprint density at radius 1 is 1.40 bits per heavy atom. The molecule has 0 spiro atoms. The van der Waals surface area contributed by atoms with Gasteiger partial charge in [0.05, 0.1) is 11.7 Å². The highest BCUT2D eigenvalue weighted by Crippen LogP contribution is 2.07. The summed E-state index contributed by atoms with van der Waals surface area (Å²) < 4.78 is 0. The van der Waals surface area contributed by atoms with Gasteiger partial charge in [-0.05, 0) is 11.4 Å². The van der Waals surface area contributed by atoms with E-state index in [9.17, 15) is 0 Å². The van der Waals surface area contributed by atoms with E-state index < -0.39 is 0 Å². The maximum Gasteiger partial charge on any atom is 0.0656 e. The second-order valence-corrected chi connectivity index (χ2v) is 2.88. The lowest BCUT2D eigenvalue weighted by atomic mass is 10.3. The summed E-state index contributed by atoms with van der Waals surface area (Å²) in [5.41, 5.74) is 1.09. The summed E-state index contributed by atoms with van der Waals surface area (Å²) in [5, 5.41) is 9.14. The van der Waals surface area contributed by atoms with Crippen LogP contribution in [0.2, 0.25) is 0 Å². The fourth-order valence-corrected chi connectivity index (χ4v) is 1.22. The second-order valence-electron chi connectivity index (χ2n) is 2.22. The van der Waals surface area contributed by atoms with E-state index in [4.69, 9.17) is 0 Å². The number of rotatable bonds is 0. The SMILES string of the molecule is Pc1ccc2cn[nH]c2c1. The van der Waals surface area contributed by atoms with Crippen LogP contribution in [-0.4, -0.2) is 10.2 Å². The molecule has 50 valence electrons. The van der Waals surface area contributed by atoms with E-state index in [-0.39, 0.29) is 0 Å². The van der Waals surface area contributed by atoms with Gasteiger partial charge in [-0.3, -0.25) is 5.10 Å². The summed E-state index contributed by atoms with van der Waals surface area (Å²) in [5.74, 6) is 0. The number of aromatic amines is 1. The van der Waals surface area contributed by atoms with Crippen LogP contribution in [0.1, 0.15) is 0 Å². The zero-order valence-corrected chi connectivity index (χ0v) is 6.49. The van der Waals surface area contributed by atoms with E-state index in [0.717, 1.165) is 10.9 Å². The highest BCUT2D eigenvalue weighted by molar-refractivity contribution is 7.27. The van der Waals surface area contributed by atoms with E-state index in [0.29, 0.717) is 0 Å². The Kier molecular flexibility index (Phi) is 1.21. The topological polar surface area (TPSA) is 28.7 Å². The summed E-state index contributed by atoms with van der Waals surface area (Å²) in [4.78, 5) is 0. The summed E-state index contributed by atoms with van der Waals surface area (Å²) in [6, 6.07) is 6.14. The molecule has 2 aromatic rings. The van der Waals surface area contributed by atoms with Gasteiger partial charge < -0.3 is 0 Å². The van der Waals surface area contributed by atoms with Gasteiger partial charge in [0.1, 0.15) is 0 Å². The fourth-order valence-electron chi connectivity index (χ4n) is 0.955. The van der Waals surface area contributed by atoms with Gasteiger partial charge in [-0.2, -0.15) is 5.10 Å². The van der Waals surface area contributed by atoms with Crippen LogP contribution >= 0.6 is 9.24 Å². The summed E-state index contributed by atoms with van der Waals surface area (Å²) >= 11 is 0. The molecule has 0 aliphatic carbocycles. The predicted molar refractivity (Wildman–Crippen MR) is 45.4 cm³/mol. The second kappa shape index (κ2) is 2.06. The van der Waals surface area contributed by atoms with E-state index in [1.807, 2.05) is 24.4 Å². The van der Waals surface area contributed by atoms with Crippen molar-refractivity contribution in [3.05, 3.63) is 24.4 Å². The number of benzene rings is 1. The Bertz CT molecular complexity index is 353. The third kappa shape index (κ3) is 0.812. The number of hydrogen-bond donors (Lipinski definition) is 1. The van der Waals surface area contributed by atoms with Gasteiger partial charge in [0.2, 0.25) is 0 Å². The quantitative estimate of drug-likeness (QED) is 0.559. The van der Waals surface area contributed by atoms with Crippen molar-refractivity contribution in [3.8, 4) is 0 Å². The van der Waals surface area contributed by atoms with Crippen LogP contribution in [0, 0.1) is 0 Å². The van der Waals surface area contributed by atoms with Crippen molar-refractivity contribution in [2.45, 2.75) is 0 Å². The Labute approximate surface area is 60.8 Å². The first-order valence-electron chi connectivity index (χ1n) is 3.05. The summed E-state index contributed by atoms with van der Waals surface area (Å²) in [7, 11) is 2.65. The fraction of sp³-hybridized carbons (Fsp3) is 0. The maximum absolute atomic E-state index is 3.91. The third-order valence-electron chi connectivity index (χ3n) is 1.47. The van der Waals surface area contributed by atoms with Crippen molar-refractivity contribution in [2.24, 2.45) is 0 Å². The largest absolute Gasteiger partial charge is 0.278 e. The zero-order chi connectivity index (χ0) is 6.97. The van der Waals surface area contributed by atoms with Crippen LogP contribution in [0.25, 0.3) is 10.9 Å². The van der Waals surface area contributed by atoms with Gasteiger partial charge in [0.15, 0.2) is 0 Å². The predicted octanol–water partition coefficient (Wildman–Crippen LogP) is 1.06. The van der Waals surface area contributed by atoms with Crippen molar-refractivity contribution in [1.29, 1.82) is 0 Å². The smallest absolute Gasteiger partial charge is 0.0656 e. The van der Waals surface area contributed by atoms with E-state index in [1.165, 1.54) is 5.30 Å². The van der Waals surface area contributed by atoms with E-state index >= 15 is 0 Å². The van der Waals surface area contributed by atoms with Crippen LogP contribution in [0.15, 0.2) is 24.4 Å². The molecule has 0 aliphatic heterocycles. The van der Waals surface area contributed by atoms with Crippen LogP contribution < -0.4 is 5.30 Å². The number of fused-ring (bicyclic) bond motifs is 1. The molecular formula is C7H7N2P. The molecule has 1 aromatic carbocycles. The molecule has 1 N–H and O–H groups in total.